The second-order valence-electron chi connectivity index (χ2n) is 7.44. The zero-order chi connectivity index (χ0) is 13.6. The van der Waals surface area contributed by atoms with Crippen LogP contribution < -0.4 is 0 Å². The van der Waals surface area contributed by atoms with E-state index < -0.39 is 0 Å². The molecule has 19 heavy (non-hydrogen) atoms. The second kappa shape index (κ2) is 4.47. The molecule has 0 amide bonds. The summed E-state index contributed by atoms with van der Waals surface area (Å²) in [5.41, 5.74) is 2.24. The van der Waals surface area contributed by atoms with Crippen molar-refractivity contribution in [3.63, 3.8) is 0 Å². The second-order valence-corrected chi connectivity index (χ2v) is 7.44. The number of rotatable bonds is 2. The van der Waals surface area contributed by atoms with E-state index in [1.165, 1.54) is 24.8 Å². The third kappa shape index (κ3) is 2.24. The van der Waals surface area contributed by atoms with Gasteiger partial charge in [-0.05, 0) is 42.1 Å². The molecule has 3 unspecified atom stereocenters. The molecule has 1 nitrogen and oxygen atoms in total. The maximum Gasteiger partial charge on any atom is 0.166 e. The van der Waals surface area contributed by atoms with Gasteiger partial charge in [-0.2, -0.15) is 0 Å². The molecule has 1 aromatic rings. The van der Waals surface area contributed by atoms with E-state index in [4.69, 9.17) is 0 Å². The summed E-state index contributed by atoms with van der Waals surface area (Å²) >= 11 is 0. The van der Waals surface area contributed by atoms with Gasteiger partial charge in [0, 0.05) is 11.5 Å². The molecule has 1 heteroatoms. The molecule has 0 spiro atoms. The highest BCUT2D eigenvalue weighted by Crippen LogP contribution is 2.49. The third-order valence-electron chi connectivity index (χ3n) is 5.08. The summed E-state index contributed by atoms with van der Waals surface area (Å²) in [6, 6.07) is 8.23. The molecule has 3 atom stereocenters. The lowest BCUT2D eigenvalue weighted by molar-refractivity contribution is 0.0872. The van der Waals surface area contributed by atoms with Gasteiger partial charge in [0.25, 0.3) is 0 Å². The van der Waals surface area contributed by atoms with E-state index in [1.54, 1.807) is 0 Å². The van der Waals surface area contributed by atoms with Crippen molar-refractivity contribution in [2.45, 2.75) is 51.9 Å². The maximum absolute atomic E-state index is 12.9. The molecule has 3 rings (SSSR count). The van der Waals surface area contributed by atoms with Gasteiger partial charge in [-0.15, -0.1) is 0 Å². The van der Waals surface area contributed by atoms with Crippen molar-refractivity contribution in [1.29, 1.82) is 0 Å². The monoisotopic (exact) mass is 256 g/mol. The van der Waals surface area contributed by atoms with Gasteiger partial charge < -0.3 is 0 Å². The first kappa shape index (κ1) is 12.9. The molecule has 0 N–H and O–H groups in total. The Balaban J connectivity index is 1.92. The van der Waals surface area contributed by atoms with Crippen LogP contribution in [0.1, 0.15) is 62.4 Å². The predicted octanol–water partition coefficient (Wildman–Crippen LogP) is 4.60. The van der Waals surface area contributed by atoms with Crippen molar-refractivity contribution in [2.75, 3.05) is 0 Å². The van der Waals surface area contributed by atoms with Gasteiger partial charge in [0.2, 0.25) is 0 Å². The van der Waals surface area contributed by atoms with Gasteiger partial charge in [-0.3, -0.25) is 4.79 Å². The lowest BCUT2D eigenvalue weighted by atomic mass is 9.77. The number of Topliss-reactive ketones (excluding diaryl/α,β-unsaturated/α-hetero) is 1. The zero-order valence-corrected chi connectivity index (χ0v) is 12.3. The van der Waals surface area contributed by atoms with Crippen molar-refractivity contribution >= 4 is 5.78 Å². The molecule has 2 fully saturated rings. The molecule has 2 aliphatic rings. The maximum atomic E-state index is 12.9. The van der Waals surface area contributed by atoms with Crippen LogP contribution in [0.4, 0.5) is 0 Å². The highest BCUT2D eigenvalue weighted by molar-refractivity contribution is 6.00. The van der Waals surface area contributed by atoms with E-state index in [1.807, 2.05) is 12.1 Å². The first-order valence-corrected chi connectivity index (χ1v) is 7.60. The highest BCUT2D eigenvalue weighted by Gasteiger charge is 2.43. The Bertz CT molecular complexity index is 495. The van der Waals surface area contributed by atoms with Crippen molar-refractivity contribution in [3.8, 4) is 0 Å². The average molecular weight is 256 g/mol. The van der Waals surface area contributed by atoms with Crippen LogP contribution in [0.2, 0.25) is 0 Å². The summed E-state index contributed by atoms with van der Waals surface area (Å²) in [7, 11) is 0. The first-order chi connectivity index (χ1) is 8.97. The van der Waals surface area contributed by atoms with Gasteiger partial charge in [-0.1, -0.05) is 51.5 Å². The van der Waals surface area contributed by atoms with Gasteiger partial charge in [0.15, 0.2) is 5.78 Å². The summed E-state index contributed by atoms with van der Waals surface area (Å²) in [6.07, 6.45) is 5.07. The lowest BCUT2D eigenvalue weighted by Gasteiger charge is -2.26. The Hall–Kier alpha value is -1.11. The Morgan fingerprint density at radius 1 is 1.11 bits per heavy atom. The number of carbonyl (C=O) groups is 1. The molecule has 102 valence electrons. The SMILES string of the molecule is CC(C)(C)c1ccccc1C(=O)C1CC2CCC1C2. The van der Waals surface area contributed by atoms with Crippen molar-refractivity contribution < 1.29 is 4.79 Å². The Morgan fingerprint density at radius 3 is 2.42 bits per heavy atom. The number of ketones is 1. The number of benzene rings is 1. The van der Waals surface area contributed by atoms with E-state index in [0.717, 1.165) is 17.9 Å². The van der Waals surface area contributed by atoms with E-state index in [2.05, 4.69) is 32.9 Å². The van der Waals surface area contributed by atoms with Crippen LogP contribution in [0.5, 0.6) is 0 Å². The molecule has 1 aromatic carbocycles. The minimum absolute atomic E-state index is 0.0455. The fourth-order valence-corrected chi connectivity index (χ4v) is 4.12. The standard InChI is InChI=1S/C18H24O/c1-18(2,3)16-7-5-4-6-14(16)17(19)15-11-12-8-9-13(15)10-12/h4-7,12-13,15H,8-11H2,1-3H3. The van der Waals surface area contributed by atoms with Crippen LogP contribution in [0.25, 0.3) is 0 Å². The molecule has 0 saturated heterocycles. The molecule has 0 aromatic heterocycles. The van der Waals surface area contributed by atoms with E-state index >= 15 is 0 Å². The molecular formula is C18H24O. The quantitative estimate of drug-likeness (QED) is 0.707. The van der Waals surface area contributed by atoms with Crippen LogP contribution in [-0.4, -0.2) is 5.78 Å². The van der Waals surface area contributed by atoms with E-state index in [0.29, 0.717) is 17.6 Å². The summed E-state index contributed by atoms with van der Waals surface area (Å²) in [6.45, 7) is 6.58. The highest BCUT2D eigenvalue weighted by atomic mass is 16.1. The largest absolute Gasteiger partial charge is 0.294 e. The number of hydrogen-bond acceptors (Lipinski definition) is 1. The summed E-state index contributed by atoms with van der Waals surface area (Å²) in [4.78, 5) is 12.9. The molecule has 0 aliphatic heterocycles. The third-order valence-corrected chi connectivity index (χ3v) is 5.08. The Labute approximate surface area is 116 Å². The predicted molar refractivity (Wildman–Crippen MR) is 78.4 cm³/mol. The van der Waals surface area contributed by atoms with E-state index in [-0.39, 0.29) is 5.41 Å². The minimum atomic E-state index is 0.0455. The van der Waals surface area contributed by atoms with Gasteiger partial charge in [-0.25, -0.2) is 0 Å². The summed E-state index contributed by atoms with van der Waals surface area (Å²) in [5, 5.41) is 0. The van der Waals surface area contributed by atoms with Crippen molar-refractivity contribution in [2.24, 2.45) is 17.8 Å². The van der Waals surface area contributed by atoms with E-state index in [9.17, 15) is 4.79 Å². The minimum Gasteiger partial charge on any atom is -0.294 e. The Morgan fingerprint density at radius 2 is 1.84 bits per heavy atom. The van der Waals surface area contributed by atoms with Gasteiger partial charge in [0.05, 0.1) is 0 Å². The van der Waals surface area contributed by atoms with Gasteiger partial charge in [0.1, 0.15) is 0 Å². The number of hydrogen-bond donors (Lipinski definition) is 0. The average Bonchev–Trinajstić information content (AvgIpc) is 2.99. The van der Waals surface area contributed by atoms with Crippen LogP contribution >= 0.6 is 0 Å². The first-order valence-electron chi connectivity index (χ1n) is 7.60. The molecule has 2 saturated carbocycles. The van der Waals surface area contributed by atoms with Crippen LogP contribution in [0.15, 0.2) is 24.3 Å². The lowest BCUT2D eigenvalue weighted by Crippen LogP contribution is -2.25. The van der Waals surface area contributed by atoms with Crippen LogP contribution in [-0.2, 0) is 5.41 Å². The van der Waals surface area contributed by atoms with Gasteiger partial charge >= 0.3 is 0 Å². The number of carbonyl (C=O) groups excluding carboxylic acids is 1. The summed E-state index contributed by atoms with van der Waals surface area (Å²) < 4.78 is 0. The van der Waals surface area contributed by atoms with Crippen LogP contribution in [0, 0.1) is 17.8 Å². The topological polar surface area (TPSA) is 17.1 Å². The van der Waals surface area contributed by atoms with Crippen LogP contribution in [0.3, 0.4) is 0 Å². The molecule has 0 radical (unpaired) electrons. The fourth-order valence-electron chi connectivity index (χ4n) is 4.12. The normalized spacial score (nSPS) is 29.7. The molecular weight excluding hydrogens is 232 g/mol. The molecule has 2 aliphatic carbocycles. The zero-order valence-electron chi connectivity index (χ0n) is 12.3. The summed E-state index contributed by atoms with van der Waals surface area (Å²) in [5.74, 6) is 2.23. The Kier molecular flexibility index (Phi) is 3.03. The molecule has 0 heterocycles. The number of fused-ring (bicyclic) bond motifs is 2. The fraction of sp³-hybridized carbons (Fsp3) is 0.611. The molecule has 2 bridgehead atoms. The van der Waals surface area contributed by atoms with Crippen molar-refractivity contribution in [3.05, 3.63) is 35.4 Å². The smallest absolute Gasteiger partial charge is 0.166 e. The van der Waals surface area contributed by atoms with Crippen molar-refractivity contribution in [1.82, 2.24) is 0 Å².